The van der Waals surface area contributed by atoms with E-state index in [9.17, 15) is 4.79 Å². The van der Waals surface area contributed by atoms with Crippen molar-refractivity contribution in [1.29, 1.82) is 0 Å². The fraction of sp³-hybridized carbons (Fsp3) is 0.636. The van der Waals surface area contributed by atoms with E-state index in [2.05, 4.69) is 24.3 Å². The molecular formula is C11H18N4O. The van der Waals surface area contributed by atoms with Gasteiger partial charge in [0, 0.05) is 38.4 Å². The average molecular weight is 222 g/mol. The summed E-state index contributed by atoms with van der Waals surface area (Å²) < 4.78 is 1.63. The zero-order valence-corrected chi connectivity index (χ0v) is 9.97. The fourth-order valence-electron chi connectivity index (χ4n) is 2.25. The lowest BCUT2D eigenvalue weighted by Gasteiger charge is -2.39. The number of nitrogens with zero attached hydrogens (tertiary/aromatic N) is 3. The highest BCUT2D eigenvalue weighted by Crippen LogP contribution is 2.14. The molecule has 5 nitrogen and oxygen atoms in total. The number of aryl methyl sites for hydroxylation is 1. The topological polar surface area (TPSA) is 50.2 Å². The number of carbonyl (C=O) groups excluding carboxylic acids is 1. The van der Waals surface area contributed by atoms with E-state index in [4.69, 9.17) is 0 Å². The second-order valence-electron chi connectivity index (χ2n) is 4.41. The normalized spacial score (nSPS) is 25.8. The summed E-state index contributed by atoms with van der Waals surface area (Å²) in [5.74, 6) is 0.0708. The molecule has 2 heterocycles. The van der Waals surface area contributed by atoms with Crippen LogP contribution in [-0.4, -0.2) is 45.8 Å². The fourth-order valence-corrected chi connectivity index (χ4v) is 2.25. The molecule has 2 unspecified atom stereocenters. The number of piperazine rings is 1. The van der Waals surface area contributed by atoms with Crippen LogP contribution in [-0.2, 0) is 7.05 Å². The van der Waals surface area contributed by atoms with Gasteiger partial charge in [0.1, 0.15) is 5.69 Å². The molecular weight excluding hydrogens is 204 g/mol. The van der Waals surface area contributed by atoms with Crippen molar-refractivity contribution in [3.63, 3.8) is 0 Å². The van der Waals surface area contributed by atoms with E-state index in [0.29, 0.717) is 5.69 Å². The summed E-state index contributed by atoms with van der Waals surface area (Å²) in [4.78, 5) is 14.3. The van der Waals surface area contributed by atoms with E-state index in [-0.39, 0.29) is 18.0 Å². The van der Waals surface area contributed by atoms with Gasteiger partial charge >= 0.3 is 0 Å². The molecule has 1 aromatic heterocycles. The van der Waals surface area contributed by atoms with Crippen LogP contribution in [0.2, 0.25) is 0 Å². The van der Waals surface area contributed by atoms with Crippen LogP contribution in [0.1, 0.15) is 24.3 Å². The first-order valence-electron chi connectivity index (χ1n) is 5.62. The Hall–Kier alpha value is -1.36. The lowest BCUT2D eigenvalue weighted by Crippen LogP contribution is -2.57. The maximum atomic E-state index is 12.3. The third kappa shape index (κ3) is 1.82. The van der Waals surface area contributed by atoms with Crippen LogP contribution < -0.4 is 5.32 Å². The van der Waals surface area contributed by atoms with Gasteiger partial charge in [0.05, 0.1) is 0 Å². The van der Waals surface area contributed by atoms with Crippen molar-refractivity contribution in [2.75, 3.05) is 13.1 Å². The molecule has 2 rings (SSSR count). The van der Waals surface area contributed by atoms with Crippen LogP contribution in [0.3, 0.4) is 0 Å². The highest BCUT2D eigenvalue weighted by molar-refractivity contribution is 5.93. The monoisotopic (exact) mass is 222 g/mol. The lowest BCUT2D eigenvalue weighted by atomic mass is 10.1. The molecule has 5 heteroatoms. The highest BCUT2D eigenvalue weighted by Gasteiger charge is 2.30. The standard InChI is InChI=1S/C11H18N4O/c1-8-6-12-7-9(2)15(8)11(16)10-4-5-13-14(10)3/h4-5,8-9,12H,6-7H2,1-3H3. The van der Waals surface area contributed by atoms with Crippen molar-refractivity contribution >= 4 is 5.91 Å². The average Bonchev–Trinajstić information content (AvgIpc) is 2.64. The van der Waals surface area contributed by atoms with E-state index in [1.54, 1.807) is 24.0 Å². The van der Waals surface area contributed by atoms with Gasteiger partial charge in [-0.1, -0.05) is 0 Å². The predicted octanol–water partition coefficient (Wildman–Crippen LogP) is 0.242. The predicted molar refractivity (Wildman–Crippen MR) is 61.2 cm³/mol. The molecule has 1 aromatic rings. The van der Waals surface area contributed by atoms with E-state index in [1.165, 1.54) is 0 Å². The van der Waals surface area contributed by atoms with Gasteiger partial charge in [0.2, 0.25) is 0 Å². The van der Waals surface area contributed by atoms with Crippen LogP contribution in [0.25, 0.3) is 0 Å². The first-order chi connectivity index (χ1) is 7.61. The van der Waals surface area contributed by atoms with Crippen LogP contribution in [0.15, 0.2) is 12.3 Å². The minimum absolute atomic E-state index is 0.0708. The molecule has 0 aliphatic carbocycles. The number of rotatable bonds is 1. The van der Waals surface area contributed by atoms with E-state index in [1.807, 2.05) is 4.90 Å². The van der Waals surface area contributed by atoms with Crippen LogP contribution in [0, 0.1) is 0 Å². The Labute approximate surface area is 95.4 Å². The second kappa shape index (κ2) is 4.25. The van der Waals surface area contributed by atoms with Crippen molar-refractivity contribution < 1.29 is 4.79 Å². The Kier molecular flexibility index (Phi) is 2.96. The lowest BCUT2D eigenvalue weighted by molar-refractivity contribution is 0.0533. The quantitative estimate of drug-likeness (QED) is 0.740. The molecule has 1 N–H and O–H groups in total. The number of hydrogen-bond donors (Lipinski definition) is 1. The van der Waals surface area contributed by atoms with E-state index >= 15 is 0 Å². The first kappa shape index (κ1) is 11.1. The molecule has 1 fully saturated rings. The van der Waals surface area contributed by atoms with Crippen molar-refractivity contribution in [3.05, 3.63) is 18.0 Å². The van der Waals surface area contributed by atoms with Crippen LogP contribution in [0.5, 0.6) is 0 Å². The summed E-state index contributed by atoms with van der Waals surface area (Å²) in [5.41, 5.74) is 0.653. The van der Waals surface area contributed by atoms with Gasteiger partial charge in [-0.3, -0.25) is 9.48 Å². The molecule has 0 spiro atoms. The smallest absolute Gasteiger partial charge is 0.272 e. The molecule has 0 aromatic carbocycles. The molecule has 1 saturated heterocycles. The molecule has 88 valence electrons. The maximum absolute atomic E-state index is 12.3. The van der Waals surface area contributed by atoms with Crippen molar-refractivity contribution in [2.24, 2.45) is 7.05 Å². The Morgan fingerprint density at radius 3 is 2.56 bits per heavy atom. The molecule has 0 radical (unpaired) electrons. The summed E-state index contributed by atoms with van der Waals surface area (Å²) in [6, 6.07) is 2.22. The molecule has 1 amide bonds. The molecule has 1 aliphatic heterocycles. The Morgan fingerprint density at radius 1 is 1.44 bits per heavy atom. The van der Waals surface area contributed by atoms with Gasteiger partial charge in [-0.2, -0.15) is 5.10 Å². The van der Waals surface area contributed by atoms with Gasteiger partial charge < -0.3 is 10.2 Å². The molecule has 0 bridgehead atoms. The zero-order valence-electron chi connectivity index (χ0n) is 9.97. The number of amides is 1. The SMILES string of the molecule is CC1CNCC(C)N1C(=O)c1ccnn1C. The van der Waals surface area contributed by atoms with Crippen molar-refractivity contribution in [3.8, 4) is 0 Å². The highest BCUT2D eigenvalue weighted by atomic mass is 16.2. The zero-order chi connectivity index (χ0) is 11.7. The molecule has 16 heavy (non-hydrogen) atoms. The molecule has 0 saturated carbocycles. The largest absolute Gasteiger partial charge is 0.329 e. The summed E-state index contributed by atoms with van der Waals surface area (Å²) in [6.45, 7) is 5.84. The summed E-state index contributed by atoms with van der Waals surface area (Å²) in [5, 5.41) is 7.35. The van der Waals surface area contributed by atoms with Gasteiger partial charge in [-0.05, 0) is 19.9 Å². The third-order valence-electron chi connectivity index (χ3n) is 3.10. The minimum atomic E-state index is 0.0708. The molecule has 1 aliphatic rings. The summed E-state index contributed by atoms with van der Waals surface area (Å²) in [7, 11) is 1.80. The van der Waals surface area contributed by atoms with Crippen LogP contribution in [0.4, 0.5) is 0 Å². The Morgan fingerprint density at radius 2 is 2.06 bits per heavy atom. The van der Waals surface area contributed by atoms with Gasteiger partial charge in [-0.15, -0.1) is 0 Å². The van der Waals surface area contributed by atoms with E-state index in [0.717, 1.165) is 13.1 Å². The minimum Gasteiger partial charge on any atom is -0.329 e. The number of carbonyl (C=O) groups is 1. The number of aromatic nitrogens is 2. The van der Waals surface area contributed by atoms with E-state index < -0.39 is 0 Å². The summed E-state index contributed by atoms with van der Waals surface area (Å²) in [6.07, 6.45) is 1.66. The first-order valence-corrected chi connectivity index (χ1v) is 5.62. The van der Waals surface area contributed by atoms with Gasteiger partial charge in [-0.25, -0.2) is 0 Å². The number of nitrogens with one attached hydrogen (secondary N) is 1. The molecule has 2 atom stereocenters. The third-order valence-corrected chi connectivity index (χ3v) is 3.10. The Bertz CT molecular complexity index is 377. The van der Waals surface area contributed by atoms with Crippen molar-refractivity contribution in [2.45, 2.75) is 25.9 Å². The van der Waals surface area contributed by atoms with Gasteiger partial charge in [0.25, 0.3) is 5.91 Å². The Balaban J connectivity index is 2.23. The number of hydrogen-bond acceptors (Lipinski definition) is 3. The second-order valence-corrected chi connectivity index (χ2v) is 4.41. The maximum Gasteiger partial charge on any atom is 0.272 e. The van der Waals surface area contributed by atoms with Crippen LogP contribution >= 0.6 is 0 Å². The van der Waals surface area contributed by atoms with Gasteiger partial charge in [0.15, 0.2) is 0 Å². The summed E-state index contributed by atoms with van der Waals surface area (Å²) >= 11 is 0. The van der Waals surface area contributed by atoms with Crippen molar-refractivity contribution in [1.82, 2.24) is 20.0 Å².